The summed E-state index contributed by atoms with van der Waals surface area (Å²) in [5, 5.41) is 6.68. The summed E-state index contributed by atoms with van der Waals surface area (Å²) in [5.74, 6) is -0.249. The maximum absolute atomic E-state index is 13.8. The molecule has 0 spiro atoms. The van der Waals surface area contributed by atoms with E-state index < -0.39 is 0 Å². The fourth-order valence-electron chi connectivity index (χ4n) is 4.20. The van der Waals surface area contributed by atoms with E-state index in [1.54, 1.807) is 6.07 Å². The monoisotopic (exact) mass is 390 g/mol. The van der Waals surface area contributed by atoms with Gasteiger partial charge in [0.05, 0.1) is 23.3 Å². The fourth-order valence-corrected chi connectivity index (χ4v) is 4.20. The van der Waals surface area contributed by atoms with Crippen molar-refractivity contribution in [1.29, 1.82) is 0 Å². The minimum absolute atomic E-state index is 0.104. The molecule has 150 valence electrons. The van der Waals surface area contributed by atoms with Gasteiger partial charge in [0, 0.05) is 30.3 Å². The number of aryl methyl sites for hydroxylation is 1. The lowest BCUT2D eigenvalue weighted by molar-refractivity contribution is 0.251. The summed E-state index contributed by atoms with van der Waals surface area (Å²) >= 11 is 0. The zero-order valence-electron chi connectivity index (χ0n) is 17.0. The summed E-state index contributed by atoms with van der Waals surface area (Å²) in [5.41, 5.74) is 6.17. The highest BCUT2D eigenvalue weighted by atomic mass is 19.1. The van der Waals surface area contributed by atoms with Gasteiger partial charge in [0.2, 0.25) is 0 Å². The maximum atomic E-state index is 13.8. The molecule has 1 aromatic carbocycles. The van der Waals surface area contributed by atoms with Crippen molar-refractivity contribution < 1.29 is 4.39 Å². The van der Waals surface area contributed by atoms with Gasteiger partial charge in [-0.05, 0) is 68.3 Å². The Kier molecular flexibility index (Phi) is 5.58. The average molecular weight is 391 g/mol. The summed E-state index contributed by atoms with van der Waals surface area (Å²) in [6.07, 6.45) is 7.27. The predicted molar refractivity (Wildman–Crippen MR) is 115 cm³/mol. The topological polar surface area (TPSA) is 49.8 Å². The van der Waals surface area contributed by atoms with Gasteiger partial charge in [-0.3, -0.25) is 9.97 Å². The van der Waals surface area contributed by atoms with Gasteiger partial charge in [-0.2, -0.15) is 0 Å². The summed E-state index contributed by atoms with van der Waals surface area (Å²) in [7, 11) is 1.88. The molecule has 2 heterocycles. The number of hydrogen-bond acceptors (Lipinski definition) is 4. The van der Waals surface area contributed by atoms with Crippen LogP contribution in [0.25, 0.3) is 11.3 Å². The Labute approximate surface area is 171 Å². The predicted octanol–water partition coefficient (Wildman–Crippen LogP) is 4.84. The van der Waals surface area contributed by atoms with E-state index in [0.29, 0.717) is 6.54 Å². The smallest absolute Gasteiger partial charge is 0.123 e. The van der Waals surface area contributed by atoms with Gasteiger partial charge in [0.15, 0.2) is 0 Å². The van der Waals surface area contributed by atoms with Crippen molar-refractivity contribution in [3.8, 4) is 11.3 Å². The van der Waals surface area contributed by atoms with Crippen LogP contribution in [0, 0.1) is 12.7 Å². The van der Waals surface area contributed by atoms with Crippen LogP contribution in [-0.2, 0) is 12.0 Å². The summed E-state index contributed by atoms with van der Waals surface area (Å²) < 4.78 is 13.8. The average Bonchev–Trinajstić information content (AvgIpc) is 2.70. The lowest BCUT2D eigenvalue weighted by Crippen LogP contribution is -2.42. The van der Waals surface area contributed by atoms with Crippen LogP contribution in [0.4, 0.5) is 10.1 Å². The number of hydrogen-bond donors (Lipinski definition) is 2. The molecule has 2 N–H and O–H groups in total. The van der Waals surface area contributed by atoms with E-state index in [1.165, 1.54) is 23.7 Å². The SMILES string of the molecule is CNCc1ccc(F)cc1-c1ccc(NCC2(c3ncccc3C)CCC2)cn1. The van der Waals surface area contributed by atoms with E-state index in [2.05, 4.69) is 33.6 Å². The molecule has 0 saturated heterocycles. The number of pyridine rings is 2. The Morgan fingerprint density at radius 2 is 1.97 bits per heavy atom. The summed E-state index contributed by atoms with van der Waals surface area (Å²) in [6.45, 7) is 3.65. The Balaban J connectivity index is 1.51. The van der Waals surface area contributed by atoms with Crippen molar-refractivity contribution in [1.82, 2.24) is 15.3 Å². The molecule has 29 heavy (non-hydrogen) atoms. The summed E-state index contributed by atoms with van der Waals surface area (Å²) in [6, 6.07) is 13.0. The van der Waals surface area contributed by atoms with Crippen LogP contribution in [0.2, 0.25) is 0 Å². The van der Waals surface area contributed by atoms with Crippen molar-refractivity contribution >= 4 is 5.69 Å². The first-order chi connectivity index (χ1) is 14.1. The van der Waals surface area contributed by atoms with Crippen LogP contribution in [-0.4, -0.2) is 23.6 Å². The Hall–Kier alpha value is -2.79. The third-order valence-electron chi connectivity index (χ3n) is 5.93. The zero-order chi connectivity index (χ0) is 20.3. The van der Waals surface area contributed by atoms with Crippen LogP contribution in [0.15, 0.2) is 54.9 Å². The van der Waals surface area contributed by atoms with E-state index in [4.69, 9.17) is 0 Å². The number of aromatic nitrogens is 2. The van der Waals surface area contributed by atoms with E-state index in [0.717, 1.165) is 41.9 Å². The molecule has 1 aliphatic carbocycles. The van der Waals surface area contributed by atoms with Gasteiger partial charge in [-0.15, -0.1) is 0 Å². The van der Waals surface area contributed by atoms with Crippen LogP contribution in [0.5, 0.6) is 0 Å². The quantitative estimate of drug-likeness (QED) is 0.606. The van der Waals surface area contributed by atoms with Crippen LogP contribution in [0.3, 0.4) is 0 Å². The van der Waals surface area contributed by atoms with Gasteiger partial charge in [0.25, 0.3) is 0 Å². The third kappa shape index (κ3) is 4.01. The number of halogens is 1. The van der Waals surface area contributed by atoms with Crippen LogP contribution in [0.1, 0.15) is 36.1 Å². The molecule has 5 heteroatoms. The minimum atomic E-state index is -0.249. The second-order valence-electron chi connectivity index (χ2n) is 7.92. The molecule has 0 atom stereocenters. The maximum Gasteiger partial charge on any atom is 0.123 e. The number of rotatable bonds is 7. The number of anilines is 1. The molecule has 4 nitrogen and oxygen atoms in total. The fraction of sp³-hybridized carbons (Fsp3) is 0.333. The lowest BCUT2D eigenvalue weighted by atomic mass is 9.65. The first-order valence-electron chi connectivity index (χ1n) is 10.2. The molecule has 0 aliphatic heterocycles. The molecule has 2 aromatic heterocycles. The highest BCUT2D eigenvalue weighted by molar-refractivity contribution is 5.65. The van der Waals surface area contributed by atoms with E-state index in [9.17, 15) is 4.39 Å². The molecule has 3 aromatic rings. The van der Waals surface area contributed by atoms with Crippen molar-refractivity contribution in [2.75, 3.05) is 18.9 Å². The first kappa shape index (κ1) is 19.5. The molecule has 0 unspecified atom stereocenters. The molecule has 1 aliphatic rings. The van der Waals surface area contributed by atoms with Gasteiger partial charge in [-0.1, -0.05) is 18.6 Å². The highest BCUT2D eigenvalue weighted by Gasteiger charge is 2.40. The normalized spacial score (nSPS) is 15.0. The van der Waals surface area contributed by atoms with Gasteiger partial charge >= 0.3 is 0 Å². The number of benzene rings is 1. The Bertz CT molecular complexity index is 980. The molecule has 1 saturated carbocycles. The molecular formula is C24H27FN4. The Morgan fingerprint density at radius 3 is 2.62 bits per heavy atom. The standard InChI is InChI=1S/C24H27FN4/c1-17-5-3-12-27-23(17)24(10-4-11-24)16-29-20-8-9-22(28-15-20)21-13-19(25)7-6-18(21)14-26-2/h3,5-9,12-13,15,26,29H,4,10-11,14,16H2,1-2H3. The minimum Gasteiger partial charge on any atom is -0.383 e. The second kappa shape index (κ2) is 8.29. The molecule has 0 bridgehead atoms. The molecule has 0 amide bonds. The van der Waals surface area contributed by atoms with E-state index >= 15 is 0 Å². The number of nitrogens with one attached hydrogen (secondary N) is 2. The molecular weight excluding hydrogens is 363 g/mol. The second-order valence-corrected chi connectivity index (χ2v) is 7.92. The van der Waals surface area contributed by atoms with Crippen molar-refractivity contribution in [3.63, 3.8) is 0 Å². The molecule has 1 fully saturated rings. The van der Waals surface area contributed by atoms with Crippen LogP contribution < -0.4 is 10.6 Å². The van der Waals surface area contributed by atoms with Crippen LogP contribution >= 0.6 is 0 Å². The van der Waals surface area contributed by atoms with E-state index in [-0.39, 0.29) is 11.2 Å². The third-order valence-corrected chi connectivity index (χ3v) is 5.93. The van der Waals surface area contributed by atoms with Gasteiger partial charge < -0.3 is 10.6 Å². The van der Waals surface area contributed by atoms with Gasteiger partial charge in [-0.25, -0.2) is 4.39 Å². The molecule has 4 rings (SSSR count). The molecule has 0 radical (unpaired) electrons. The zero-order valence-corrected chi connectivity index (χ0v) is 17.0. The number of nitrogens with zero attached hydrogens (tertiary/aromatic N) is 2. The Morgan fingerprint density at radius 1 is 1.10 bits per heavy atom. The van der Waals surface area contributed by atoms with Gasteiger partial charge in [0.1, 0.15) is 5.82 Å². The van der Waals surface area contributed by atoms with E-state index in [1.807, 2.05) is 43.7 Å². The van der Waals surface area contributed by atoms with Crippen molar-refractivity contribution in [2.24, 2.45) is 0 Å². The summed E-state index contributed by atoms with van der Waals surface area (Å²) in [4.78, 5) is 9.27. The largest absolute Gasteiger partial charge is 0.383 e. The lowest BCUT2D eigenvalue weighted by Gasteiger charge is -2.42. The first-order valence-corrected chi connectivity index (χ1v) is 10.2. The van der Waals surface area contributed by atoms with Crippen molar-refractivity contribution in [3.05, 3.63) is 77.5 Å². The van der Waals surface area contributed by atoms with Crippen molar-refractivity contribution in [2.45, 2.75) is 38.1 Å². The highest BCUT2D eigenvalue weighted by Crippen LogP contribution is 2.44.